The highest BCUT2D eigenvalue weighted by Gasteiger charge is 2.11. The average molecular weight is 408 g/mol. The van der Waals surface area contributed by atoms with Crippen LogP contribution in [0.25, 0.3) is 40.6 Å². The minimum atomic E-state index is -0.313. The molecule has 0 saturated heterocycles. The Balaban J connectivity index is 1.49. The van der Waals surface area contributed by atoms with Crippen LogP contribution in [-0.4, -0.2) is 20.0 Å². The third-order valence-corrected chi connectivity index (χ3v) is 4.75. The summed E-state index contributed by atoms with van der Waals surface area (Å²) < 4.78 is 20.7. The van der Waals surface area contributed by atoms with Crippen LogP contribution < -0.4 is 0 Å². The van der Waals surface area contributed by atoms with E-state index in [0.29, 0.717) is 17.3 Å². The third-order valence-electron chi connectivity index (χ3n) is 4.75. The van der Waals surface area contributed by atoms with Crippen LogP contribution in [0.1, 0.15) is 11.5 Å². The van der Waals surface area contributed by atoms with Crippen molar-refractivity contribution in [2.24, 2.45) is 0 Å². The Morgan fingerprint density at radius 3 is 2.19 bits per heavy atom. The molecule has 2 aromatic heterocycles. The molecule has 0 spiro atoms. The van der Waals surface area contributed by atoms with Crippen LogP contribution in [0.4, 0.5) is 4.39 Å². The van der Waals surface area contributed by atoms with Crippen molar-refractivity contribution in [3.63, 3.8) is 0 Å². The first-order valence-corrected chi connectivity index (χ1v) is 9.74. The highest BCUT2D eigenvalue weighted by atomic mass is 19.1. The molecule has 0 N–H and O–H groups in total. The number of halogens is 1. The van der Waals surface area contributed by atoms with Gasteiger partial charge in [-0.25, -0.2) is 9.07 Å². The Hall–Kier alpha value is -4.32. The fraction of sp³-hybridized carbons (Fsp3) is 0. The van der Waals surface area contributed by atoms with Gasteiger partial charge in [-0.05, 0) is 42.5 Å². The molecule has 0 radical (unpaired) electrons. The van der Waals surface area contributed by atoms with Gasteiger partial charge in [0.15, 0.2) is 0 Å². The lowest BCUT2D eigenvalue weighted by Crippen LogP contribution is -1.93. The van der Waals surface area contributed by atoms with Crippen LogP contribution in [-0.2, 0) is 0 Å². The van der Waals surface area contributed by atoms with Gasteiger partial charge in [0.05, 0.1) is 11.4 Å². The smallest absolute Gasteiger partial charge is 0.248 e. The molecule has 0 saturated carbocycles. The first kappa shape index (κ1) is 18.7. The van der Waals surface area contributed by atoms with Crippen molar-refractivity contribution in [3.05, 3.63) is 108 Å². The zero-order chi connectivity index (χ0) is 21.0. The van der Waals surface area contributed by atoms with E-state index in [9.17, 15) is 4.39 Å². The van der Waals surface area contributed by atoms with E-state index in [1.807, 2.05) is 77.6 Å². The second kappa shape index (κ2) is 8.20. The van der Waals surface area contributed by atoms with Gasteiger partial charge in [0.1, 0.15) is 5.82 Å². The van der Waals surface area contributed by atoms with Gasteiger partial charge >= 0.3 is 0 Å². The molecule has 0 aliphatic carbocycles. The molecule has 3 aromatic carbocycles. The van der Waals surface area contributed by atoms with Gasteiger partial charge in [-0.15, -0.1) is 10.2 Å². The monoisotopic (exact) mass is 408 g/mol. The molecule has 0 fully saturated rings. The molecule has 0 aliphatic rings. The van der Waals surface area contributed by atoms with Gasteiger partial charge in [0.2, 0.25) is 11.8 Å². The Morgan fingerprint density at radius 2 is 1.45 bits per heavy atom. The van der Waals surface area contributed by atoms with E-state index in [1.165, 1.54) is 12.1 Å². The number of benzene rings is 3. The van der Waals surface area contributed by atoms with Crippen LogP contribution >= 0.6 is 0 Å². The summed E-state index contributed by atoms with van der Waals surface area (Å²) >= 11 is 0. The molecule has 0 aliphatic heterocycles. The largest absolute Gasteiger partial charge is 0.417 e. The molecule has 31 heavy (non-hydrogen) atoms. The Bertz CT molecular complexity index is 1320. The summed E-state index contributed by atoms with van der Waals surface area (Å²) in [5, 5.41) is 12.9. The zero-order valence-electron chi connectivity index (χ0n) is 16.4. The highest BCUT2D eigenvalue weighted by Crippen LogP contribution is 2.26. The quantitative estimate of drug-likeness (QED) is 0.363. The second-order valence-electron chi connectivity index (χ2n) is 6.86. The van der Waals surface area contributed by atoms with Crippen molar-refractivity contribution in [2.75, 3.05) is 0 Å². The van der Waals surface area contributed by atoms with Crippen molar-refractivity contribution in [1.29, 1.82) is 0 Å². The number of hydrogen-bond donors (Lipinski definition) is 0. The molecule has 0 bridgehead atoms. The van der Waals surface area contributed by atoms with Crippen LogP contribution in [0.3, 0.4) is 0 Å². The minimum absolute atomic E-state index is 0.313. The summed E-state index contributed by atoms with van der Waals surface area (Å²) in [7, 11) is 0. The summed E-state index contributed by atoms with van der Waals surface area (Å²) in [6.07, 6.45) is 5.61. The molecule has 5 aromatic rings. The Morgan fingerprint density at radius 1 is 0.742 bits per heavy atom. The van der Waals surface area contributed by atoms with Crippen LogP contribution in [0.2, 0.25) is 0 Å². The molecule has 0 unspecified atom stereocenters. The summed E-state index contributed by atoms with van der Waals surface area (Å²) in [6, 6.07) is 25.8. The molecule has 5 nitrogen and oxygen atoms in total. The third kappa shape index (κ3) is 4.04. The van der Waals surface area contributed by atoms with E-state index < -0.39 is 0 Å². The molecule has 0 atom stereocenters. The molecular formula is C25H17FN4O. The van der Waals surface area contributed by atoms with Gasteiger partial charge in [0, 0.05) is 29.0 Å². The molecule has 6 heteroatoms. The number of hydrogen-bond acceptors (Lipinski definition) is 4. The van der Waals surface area contributed by atoms with Gasteiger partial charge in [0.25, 0.3) is 0 Å². The van der Waals surface area contributed by atoms with E-state index in [1.54, 1.807) is 18.2 Å². The van der Waals surface area contributed by atoms with Crippen molar-refractivity contribution < 1.29 is 8.81 Å². The second-order valence-corrected chi connectivity index (χ2v) is 6.86. The fourth-order valence-electron chi connectivity index (χ4n) is 3.21. The van der Waals surface area contributed by atoms with Crippen molar-refractivity contribution >= 4 is 12.2 Å². The van der Waals surface area contributed by atoms with Crippen LogP contribution in [0.5, 0.6) is 0 Å². The first-order valence-electron chi connectivity index (χ1n) is 9.74. The molecule has 2 heterocycles. The van der Waals surface area contributed by atoms with E-state index in [0.717, 1.165) is 22.5 Å². The summed E-state index contributed by atoms with van der Waals surface area (Å²) in [6.45, 7) is 0. The van der Waals surface area contributed by atoms with Gasteiger partial charge < -0.3 is 4.42 Å². The molecular weight excluding hydrogens is 391 g/mol. The Labute approximate surface area is 178 Å². The number of nitrogens with zero attached hydrogens (tertiary/aromatic N) is 4. The lowest BCUT2D eigenvalue weighted by Gasteiger charge is -2.00. The number of aromatic nitrogens is 4. The average Bonchev–Trinajstić information content (AvgIpc) is 3.47. The van der Waals surface area contributed by atoms with E-state index in [-0.39, 0.29) is 5.82 Å². The highest BCUT2D eigenvalue weighted by molar-refractivity contribution is 5.77. The van der Waals surface area contributed by atoms with Crippen LogP contribution in [0, 0.1) is 5.82 Å². The number of rotatable bonds is 5. The maximum Gasteiger partial charge on any atom is 0.248 e. The summed E-state index contributed by atoms with van der Waals surface area (Å²) in [4.78, 5) is 0. The fourth-order valence-corrected chi connectivity index (χ4v) is 3.21. The first-order chi connectivity index (χ1) is 15.3. The lowest BCUT2D eigenvalue weighted by molar-refractivity contribution is 0.557. The molecule has 0 amide bonds. The minimum Gasteiger partial charge on any atom is -0.417 e. The summed E-state index contributed by atoms with van der Waals surface area (Å²) in [5.41, 5.74) is 4.40. The van der Waals surface area contributed by atoms with Gasteiger partial charge in [-0.2, -0.15) is 5.10 Å². The number of para-hydroxylation sites is 1. The van der Waals surface area contributed by atoms with Crippen molar-refractivity contribution in [3.8, 4) is 28.4 Å². The Kier molecular flexibility index (Phi) is 4.94. The van der Waals surface area contributed by atoms with E-state index >= 15 is 0 Å². The lowest BCUT2D eigenvalue weighted by atomic mass is 10.1. The standard InChI is InChI=1S/C25H17FN4O/c26-21-14-11-19(12-15-21)25-28-27-23(31-25)16-13-20-17-30(22-9-5-2-6-10-22)29-24(20)18-7-3-1-4-8-18/h1-17H/b16-13+. The predicted molar refractivity (Wildman–Crippen MR) is 118 cm³/mol. The topological polar surface area (TPSA) is 56.7 Å². The van der Waals surface area contributed by atoms with E-state index in [2.05, 4.69) is 10.2 Å². The normalized spacial score (nSPS) is 11.3. The maximum atomic E-state index is 13.1. The van der Waals surface area contributed by atoms with E-state index in [4.69, 9.17) is 9.52 Å². The SMILES string of the molecule is Fc1ccc(-c2nnc(/C=C/c3cn(-c4ccccc4)nc3-c3ccccc3)o2)cc1. The maximum absolute atomic E-state index is 13.1. The zero-order valence-corrected chi connectivity index (χ0v) is 16.4. The van der Waals surface area contributed by atoms with Crippen LogP contribution in [0.15, 0.2) is 95.5 Å². The molecule has 150 valence electrons. The van der Waals surface area contributed by atoms with Gasteiger partial charge in [-0.1, -0.05) is 48.5 Å². The van der Waals surface area contributed by atoms with Crippen molar-refractivity contribution in [1.82, 2.24) is 20.0 Å². The van der Waals surface area contributed by atoms with Gasteiger partial charge in [-0.3, -0.25) is 0 Å². The predicted octanol–water partition coefficient (Wildman–Crippen LogP) is 5.90. The molecule has 5 rings (SSSR count). The van der Waals surface area contributed by atoms with Crippen molar-refractivity contribution in [2.45, 2.75) is 0 Å². The summed E-state index contributed by atoms with van der Waals surface area (Å²) in [5.74, 6) is 0.376.